The zero-order valence-electron chi connectivity index (χ0n) is 10.9. The van der Waals surface area contributed by atoms with Crippen LogP contribution < -0.4 is 10.2 Å². The Bertz CT molecular complexity index is 435. The third kappa shape index (κ3) is 2.74. The fourth-order valence-corrected chi connectivity index (χ4v) is 1.86. The topological polar surface area (TPSA) is 44.8 Å². The molecule has 1 heterocycles. The Balaban J connectivity index is 2.17. The maximum absolute atomic E-state index is 10.8. The highest BCUT2D eigenvalue weighted by atomic mass is 16.6. The summed E-state index contributed by atoms with van der Waals surface area (Å²) >= 11 is 0. The Hall–Kier alpha value is -1.33. The van der Waals surface area contributed by atoms with Crippen LogP contribution in [0, 0.1) is 5.41 Å². The second-order valence-electron chi connectivity index (χ2n) is 5.24. The number of aldehydes is 1. The molecule has 5 heteroatoms. The van der Waals surface area contributed by atoms with Crippen LogP contribution in [0.2, 0.25) is 0 Å². The highest BCUT2D eigenvalue weighted by Crippen LogP contribution is 2.22. The van der Waals surface area contributed by atoms with Crippen LogP contribution in [0.1, 0.15) is 24.2 Å². The number of rotatable bonds is 3. The minimum atomic E-state index is -0.382. The summed E-state index contributed by atoms with van der Waals surface area (Å²) in [4.78, 5) is 10.8. The lowest BCUT2D eigenvalue weighted by Crippen LogP contribution is -2.47. The van der Waals surface area contributed by atoms with E-state index in [1.54, 1.807) is 12.1 Å². The van der Waals surface area contributed by atoms with Crippen molar-refractivity contribution < 1.29 is 18.8 Å². The van der Waals surface area contributed by atoms with Crippen LogP contribution in [0.3, 0.4) is 0 Å². The van der Waals surface area contributed by atoms with Crippen molar-refractivity contribution in [3.63, 3.8) is 0 Å². The van der Waals surface area contributed by atoms with Crippen molar-refractivity contribution in [2.24, 2.45) is 5.41 Å². The van der Waals surface area contributed by atoms with E-state index in [1.807, 2.05) is 6.07 Å². The number of hydrogen-bond acceptors (Lipinski definition) is 4. The normalized spacial score (nSPS) is 18.5. The number of benzene rings is 1. The van der Waals surface area contributed by atoms with Gasteiger partial charge in [-0.1, -0.05) is 19.9 Å². The van der Waals surface area contributed by atoms with Crippen LogP contribution in [-0.4, -0.2) is 33.7 Å². The molecule has 0 N–H and O–H groups in total. The molecule has 0 spiro atoms. The van der Waals surface area contributed by atoms with Crippen molar-refractivity contribution in [3.8, 4) is 5.75 Å². The fraction of sp³-hybridized carbons (Fsp3) is 0.462. The molecule has 2 rings (SSSR count). The second kappa shape index (κ2) is 5.12. The van der Waals surface area contributed by atoms with Crippen LogP contribution in [-0.2, 0) is 9.31 Å². The van der Waals surface area contributed by atoms with E-state index < -0.39 is 0 Å². The van der Waals surface area contributed by atoms with Gasteiger partial charge in [0, 0.05) is 18.6 Å². The van der Waals surface area contributed by atoms with Crippen molar-refractivity contribution >= 4 is 18.9 Å². The van der Waals surface area contributed by atoms with Gasteiger partial charge in [0.25, 0.3) is 0 Å². The second-order valence-corrected chi connectivity index (χ2v) is 5.24. The number of carbonyl (C=O) groups excluding carboxylic acids is 1. The van der Waals surface area contributed by atoms with Gasteiger partial charge in [0.2, 0.25) is 0 Å². The summed E-state index contributed by atoms with van der Waals surface area (Å²) in [6, 6.07) is 5.33. The molecule has 1 aromatic rings. The Kier molecular flexibility index (Phi) is 3.73. The third-order valence-corrected chi connectivity index (χ3v) is 2.91. The van der Waals surface area contributed by atoms with E-state index in [-0.39, 0.29) is 12.5 Å². The van der Waals surface area contributed by atoms with Crippen LogP contribution in [0.25, 0.3) is 0 Å². The predicted molar refractivity (Wildman–Crippen MR) is 69.5 cm³/mol. The lowest BCUT2D eigenvalue weighted by atomic mass is 9.75. The van der Waals surface area contributed by atoms with Crippen molar-refractivity contribution in [2.75, 3.05) is 20.3 Å². The highest BCUT2D eigenvalue weighted by Gasteiger charge is 2.33. The fourth-order valence-electron chi connectivity index (χ4n) is 1.86. The van der Waals surface area contributed by atoms with Gasteiger partial charge >= 0.3 is 7.12 Å². The Labute approximate surface area is 107 Å². The molecule has 96 valence electrons. The number of carbonyl (C=O) groups is 1. The van der Waals surface area contributed by atoms with Crippen molar-refractivity contribution in [3.05, 3.63) is 23.8 Å². The Morgan fingerprint density at radius 2 is 2.00 bits per heavy atom. The molecule has 18 heavy (non-hydrogen) atoms. The number of hydrogen-bond donors (Lipinski definition) is 0. The first-order valence-electron chi connectivity index (χ1n) is 5.92. The van der Waals surface area contributed by atoms with Crippen molar-refractivity contribution in [1.82, 2.24) is 0 Å². The molecule has 0 amide bonds. The Morgan fingerprint density at radius 3 is 2.56 bits per heavy atom. The molecule has 1 aliphatic heterocycles. The molecule has 0 aromatic heterocycles. The van der Waals surface area contributed by atoms with Gasteiger partial charge in [-0.3, -0.25) is 4.79 Å². The van der Waals surface area contributed by atoms with E-state index in [9.17, 15) is 4.79 Å². The summed E-state index contributed by atoms with van der Waals surface area (Å²) in [5, 5.41) is 0. The largest absolute Gasteiger partial charge is 0.496 e. The molecular formula is C13H17BO4. The molecule has 0 aliphatic carbocycles. The smallest absolute Gasteiger partial charge is 0.494 e. The zero-order valence-corrected chi connectivity index (χ0v) is 10.9. The number of methoxy groups -OCH3 is 1. The van der Waals surface area contributed by atoms with Gasteiger partial charge in [-0.05, 0) is 17.6 Å². The molecule has 0 radical (unpaired) electrons. The first kappa shape index (κ1) is 13.1. The molecular weight excluding hydrogens is 231 g/mol. The minimum Gasteiger partial charge on any atom is -0.496 e. The summed E-state index contributed by atoms with van der Waals surface area (Å²) in [5.74, 6) is 0.541. The predicted octanol–water partition coefficient (Wildman–Crippen LogP) is 1.28. The minimum absolute atomic E-state index is 0.0450. The van der Waals surface area contributed by atoms with Gasteiger partial charge in [-0.25, -0.2) is 0 Å². The highest BCUT2D eigenvalue weighted by molar-refractivity contribution is 6.61. The molecule has 0 saturated carbocycles. The standard InChI is InChI=1S/C13H17BO4/c1-13(2)8-17-14(18-9-13)11-5-4-10(7-15)12(6-11)16-3/h4-7H,8-9H2,1-3H3. The van der Waals surface area contributed by atoms with Gasteiger partial charge in [0.1, 0.15) is 5.75 Å². The number of ether oxygens (including phenoxy) is 1. The van der Waals surface area contributed by atoms with Crippen LogP contribution in [0.15, 0.2) is 18.2 Å². The lowest BCUT2D eigenvalue weighted by molar-refractivity contribution is 0.0343. The summed E-state index contributed by atoms with van der Waals surface area (Å²) in [7, 11) is 1.16. The molecule has 0 bridgehead atoms. The molecule has 1 fully saturated rings. The van der Waals surface area contributed by atoms with E-state index in [2.05, 4.69) is 13.8 Å². The van der Waals surface area contributed by atoms with Gasteiger partial charge in [-0.2, -0.15) is 0 Å². The molecule has 0 unspecified atom stereocenters. The van der Waals surface area contributed by atoms with Crippen LogP contribution in [0.4, 0.5) is 0 Å². The van der Waals surface area contributed by atoms with Crippen LogP contribution >= 0.6 is 0 Å². The maximum Gasteiger partial charge on any atom is 0.494 e. The first-order chi connectivity index (χ1) is 8.55. The zero-order chi connectivity index (χ0) is 13.2. The Morgan fingerprint density at radius 1 is 1.33 bits per heavy atom. The summed E-state index contributed by atoms with van der Waals surface area (Å²) in [6.07, 6.45) is 0.772. The molecule has 1 aliphatic rings. The molecule has 0 atom stereocenters. The van der Waals surface area contributed by atoms with Crippen molar-refractivity contribution in [2.45, 2.75) is 13.8 Å². The summed E-state index contributed by atoms with van der Waals surface area (Å²) < 4.78 is 16.5. The monoisotopic (exact) mass is 248 g/mol. The van der Waals surface area contributed by atoms with Gasteiger partial charge < -0.3 is 14.0 Å². The molecule has 4 nitrogen and oxygen atoms in total. The average Bonchev–Trinajstić information content (AvgIpc) is 2.38. The average molecular weight is 248 g/mol. The van der Waals surface area contributed by atoms with Gasteiger partial charge in [0.05, 0.1) is 12.7 Å². The third-order valence-electron chi connectivity index (χ3n) is 2.91. The van der Waals surface area contributed by atoms with Gasteiger partial charge in [0.15, 0.2) is 6.29 Å². The van der Waals surface area contributed by atoms with Gasteiger partial charge in [-0.15, -0.1) is 0 Å². The van der Waals surface area contributed by atoms with Crippen LogP contribution in [0.5, 0.6) is 5.75 Å². The van der Waals surface area contributed by atoms with E-state index in [4.69, 9.17) is 14.0 Å². The quantitative estimate of drug-likeness (QED) is 0.597. The molecule has 1 aromatic carbocycles. The first-order valence-corrected chi connectivity index (χ1v) is 5.92. The van der Waals surface area contributed by atoms with E-state index >= 15 is 0 Å². The van der Waals surface area contributed by atoms with E-state index in [0.29, 0.717) is 24.5 Å². The SMILES string of the molecule is COc1cc(B2OCC(C)(C)CO2)ccc1C=O. The lowest BCUT2D eigenvalue weighted by Gasteiger charge is -2.33. The molecule has 1 saturated heterocycles. The van der Waals surface area contributed by atoms with E-state index in [0.717, 1.165) is 11.7 Å². The van der Waals surface area contributed by atoms with Crippen molar-refractivity contribution in [1.29, 1.82) is 0 Å². The van der Waals surface area contributed by atoms with E-state index in [1.165, 1.54) is 7.11 Å². The maximum atomic E-state index is 10.8. The summed E-state index contributed by atoms with van der Waals surface area (Å²) in [5.41, 5.74) is 1.44. The summed E-state index contributed by atoms with van der Waals surface area (Å²) in [6.45, 7) is 5.49.